The summed E-state index contributed by atoms with van der Waals surface area (Å²) in [7, 11) is 3.79. The number of hydrogen-bond donors (Lipinski definition) is 2. The van der Waals surface area contributed by atoms with Gasteiger partial charge in [0, 0.05) is 32.0 Å². The molecule has 1 saturated heterocycles. The summed E-state index contributed by atoms with van der Waals surface area (Å²) >= 11 is 0. The molecule has 0 spiro atoms. The van der Waals surface area contributed by atoms with Crippen molar-refractivity contribution in [3.8, 4) is 5.75 Å². The summed E-state index contributed by atoms with van der Waals surface area (Å²) in [5.41, 5.74) is -0.584. The number of piperidine rings is 1. The average Bonchev–Trinajstić information content (AvgIpc) is 2.73. The minimum Gasteiger partial charge on any atom is -0.508 e. The van der Waals surface area contributed by atoms with E-state index in [1.54, 1.807) is 29.2 Å². The van der Waals surface area contributed by atoms with Crippen LogP contribution >= 0.6 is 0 Å². The van der Waals surface area contributed by atoms with Gasteiger partial charge in [0.25, 0.3) is 0 Å². The number of halogens is 3. The predicted molar refractivity (Wildman–Crippen MR) is 115 cm³/mol. The van der Waals surface area contributed by atoms with E-state index in [1.165, 1.54) is 12.1 Å². The van der Waals surface area contributed by atoms with Crippen LogP contribution in [0, 0.1) is 5.92 Å². The zero-order valence-electron chi connectivity index (χ0n) is 18.3. The number of alkyl halides is 3. The molecule has 2 aromatic carbocycles. The summed E-state index contributed by atoms with van der Waals surface area (Å²) in [4.78, 5) is 16.5. The summed E-state index contributed by atoms with van der Waals surface area (Å²) in [5, 5.41) is 21.4. The molecule has 1 amide bonds. The summed E-state index contributed by atoms with van der Waals surface area (Å²) in [6.45, 7) is 1.27. The average molecular weight is 451 g/mol. The number of carbonyl (C=O) groups excluding carboxylic acids is 1. The Morgan fingerprint density at radius 1 is 1.19 bits per heavy atom. The smallest absolute Gasteiger partial charge is 0.416 e. The van der Waals surface area contributed by atoms with Crippen molar-refractivity contribution in [3.05, 3.63) is 65.2 Å². The number of benzene rings is 2. The van der Waals surface area contributed by atoms with E-state index in [0.717, 1.165) is 12.1 Å². The summed E-state index contributed by atoms with van der Waals surface area (Å²) in [6, 6.07) is 11.5. The number of carbonyl (C=O) groups is 1. The van der Waals surface area contributed by atoms with Gasteiger partial charge in [-0.15, -0.1) is 0 Å². The van der Waals surface area contributed by atoms with Gasteiger partial charge in [-0.05, 0) is 62.3 Å². The Kier molecular flexibility index (Phi) is 7.15. The summed E-state index contributed by atoms with van der Waals surface area (Å²) in [6.07, 6.45) is -3.51. The van der Waals surface area contributed by atoms with E-state index >= 15 is 0 Å². The van der Waals surface area contributed by atoms with Crippen molar-refractivity contribution in [3.63, 3.8) is 0 Å². The highest BCUT2D eigenvalue weighted by Gasteiger charge is 2.44. The van der Waals surface area contributed by atoms with Crippen LogP contribution < -0.4 is 0 Å². The van der Waals surface area contributed by atoms with Gasteiger partial charge in [0.15, 0.2) is 0 Å². The number of phenols is 1. The second kappa shape index (κ2) is 9.50. The van der Waals surface area contributed by atoms with Crippen LogP contribution in [-0.2, 0) is 23.0 Å². The number of nitrogens with zero attached hydrogens (tertiary/aromatic N) is 2. The fraction of sp³-hybridized carbons (Fsp3) is 0.458. The number of phenolic OH excluding ortho intramolecular Hbond substituents is 1. The Hall–Kier alpha value is -2.58. The first kappa shape index (κ1) is 24.1. The molecule has 32 heavy (non-hydrogen) atoms. The summed E-state index contributed by atoms with van der Waals surface area (Å²) < 4.78 is 38.1. The maximum absolute atomic E-state index is 12.8. The maximum atomic E-state index is 12.8. The van der Waals surface area contributed by atoms with Gasteiger partial charge >= 0.3 is 6.18 Å². The third kappa shape index (κ3) is 5.61. The highest BCUT2D eigenvalue weighted by atomic mass is 19.4. The lowest BCUT2D eigenvalue weighted by Gasteiger charge is -2.46. The van der Waals surface area contributed by atoms with Gasteiger partial charge < -0.3 is 20.0 Å². The van der Waals surface area contributed by atoms with Crippen molar-refractivity contribution in [1.82, 2.24) is 9.80 Å². The molecule has 1 aliphatic rings. The highest BCUT2D eigenvalue weighted by molar-refractivity contribution is 5.76. The minimum atomic E-state index is -4.38. The molecule has 1 fully saturated rings. The molecule has 0 bridgehead atoms. The lowest BCUT2D eigenvalue weighted by molar-refractivity contribution is -0.142. The summed E-state index contributed by atoms with van der Waals surface area (Å²) in [5.74, 6) is -0.274. The van der Waals surface area contributed by atoms with Crippen molar-refractivity contribution in [2.45, 2.75) is 31.0 Å². The van der Waals surface area contributed by atoms with Crippen molar-refractivity contribution in [1.29, 1.82) is 0 Å². The van der Waals surface area contributed by atoms with Crippen LogP contribution in [0.3, 0.4) is 0 Å². The third-order valence-corrected chi connectivity index (χ3v) is 6.07. The molecule has 0 saturated carbocycles. The normalized spacial score (nSPS) is 21.7. The number of amides is 1. The van der Waals surface area contributed by atoms with E-state index in [0.29, 0.717) is 43.6 Å². The van der Waals surface area contributed by atoms with Crippen molar-refractivity contribution in [2.75, 3.05) is 33.7 Å². The molecule has 0 aromatic heterocycles. The number of likely N-dealkylation sites (tertiary alicyclic amines) is 1. The minimum absolute atomic E-state index is 0.0783. The molecular weight excluding hydrogens is 421 g/mol. The van der Waals surface area contributed by atoms with Crippen LogP contribution in [0.25, 0.3) is 0 Å². The number of aryl methyl sites for hydroxylation is 1. The van der Waals surface area contributed by atoms with E-state index in [4.69, 9.17) is 0 Å². The molecular formula is C24H29F3N2O3. The zero-order chi connectivity index (χ0) is 23.5. The van der Waals surface area contributed by atoms with E-state index < -0.39 is 17.3 Å². The SMILES string of the molecule is CN(C)CC1CN(C(=O)CCc2ccc(C(F)(F)F)cc2)CCC1(O)c1cccc(O)c1. The molecule has 1 heterocycles. The molecule has 174 valence electrons. The molecule has 2 atom stereocenters. The van der Waals surface area contributed by atoms with Crippen LogP contribution in [0.2, 0.25) is 0 Å². The molecule has 0 aliphatic carbocycles. The Morgan fingerprint density at radius 3 is 2.47 bits per heavy atom. The Bertz CT molecular complexity index is 931. The predicted octanol–water partition coefficient (Wildman–Crippen LogP) is 3.64. The second-order valence-corrected chi connectivity index (χ2v) is 8.72. The third-order valence-electron chi connectivity index (χ3n) is 6.07. The van der Waals surface area contributed by atoms with Crippen molar-refractivity contribution < 1.29 is 28.2 Å². The lowest BCUT2D eigenvalue weighted by atomic mass is 9.75. The van der Waals surface area contributed by atoms with Crippen LogP contribution in [0.5, 0.6) is 5.75 Å². The van der Waals surface area contributed by atoms with Gasteiger partial charge in [-0.1, -0.05) is 24.3 Å². The van der Waals surface area contributed by atoms with Gasteiger partial charge in [-0.2, -0.15) is 13.2 Å². The van der Waals surface area contributed by atoms with Crippen LogP contribution in [-0.4, -0.2) is 59.6 Å². The standard InChI is InChI=1S/C24H29F3N2O3/c1-28(2)15-20-16-29(13-12-23(20,32)19-4-3-5-21(30)14-19)22(31)11-8-17-6-9-18(10-7-17)24(25,26)27/h3-7,9-10,14,20,30,32H,8,11-13,15-16H2,1-2H3. The molecule has 1 aliphatic heterocycles. The van der Waals surface area contributed by atoms with Crippen LogP contribution in [0.15, 0.2) is 48.5 Å². The Morgan fingerprint density at radius 2 is 1.88 bits per heavy atom. The van der Waals surface area contributed by atoms with Crippen LogP contribution in [0.1, 0.15) is 29.5 Å². The zero-order valence-corrected chi connectivity index (χ0v) is 18.3. The topological polar surface area (TPSA) is 64.0 Å². The molecule has 2 aromatic rings. The van der Waals surface area contributed by atoms with E-state index in [9.17, 15) is 28.2 Å². The number of rotatable bonds is 6. The maximum Gasteiger partial charge on any atom is 0.416 e. The quantitative estimate of drug-likeness (QED) is 0.706. The first-order valence-electron chi connectivity index (χ1n) is 10.6. The molecule has 5 nitrogen and oxygen atoms in total. The number of aliphatic hydroxyl groups is 1. The fourth-order valence-electron chi connectivity index (χ4n) is 4.32. The van der Waals surface area contributed by atoms with Gasteiger partial charge in [-0.3, -0.25) is 4.79 Å². The van der Waals surface area contributed by atoms with Gasteiger partial charge in [-0.25, -0.2) is 0 Å². The first-order chi connectivity index (χ1) is 15.0. The molecule has 8 heteroatoms. The Labute approximate surface area is 186 Å². The van der Waals surface area contributed by atoms with Crippen molar-refractivity contribution in [2.24, 2.45) is 5.92 Å². The Balaban J connectivity index is 1.67. The monoisotopic (exact) mass is 450 g/mol. The van der Waals surface area contributed by atoms with Crippen molar-refractivity contribution >= 4 is 5.91 Å². The molecule has 3 rings (SSSR count). The van der Waals surface area contributed by atoms with E-state index in [1.807, 2.05) is 19.0 Å². The number of aromatic hydroxyl groups is 1. The first-order valence-corrected chi connectivity index (χ1v) is 10.6. The van der Waals surface area contributed by atoms with E-state index in [-0.39, 0.29) is 24.0 Å². The fourth-order valence-corrected chi connectivity index (χ4v) is 4.32. The molecule has 2 N–H and O–H groups in total. The van der Waals surface area contributed by atoms with Gasteiger partial charge in [0.05, 0.1) is 11.2 Å². The van der Waals surface area contributed by atoms with Crippen LogP contribution in [0.4, 0.5) is 13.2 Å². The van der Waals surface area contributed by atoms with Gasteiger partial charge in [0.1, 0.15) is 5.75 Å². The largest absolute Gasteiger partial charge is 0.508 e. The second-order valence-electron chi connectivity index (χ2n) is 8.72. The molecule has 2 unspecified atom stereocenters. The van der Waals surface area contributed by atoms with E-state index in [2.05, 4.69) is 0 Å². The highest BCUT2D eigenvalue weighted by Crippen LogP contribution is 2.39. The van der Waals surface area contributed by atoms with Gasteiger partial charge in [0.2, 0.25) is 5.91 Å². The molecule has 0 radical (unpaired) electrons. The number of hydrogen-bond acceptors (Lipinski definition) is 4. The lowest BCUT2D eigenvalue weighted by Crippen LogP contribution is -2.54.